The molecule has 1 fully saturated rings. The van der Waals surface area contributed by atoms with Crippen molar-refractivity contribution in [2.45, 2.75) is 41.2 Å². The Morgan fingerprint density at radius 2 is 1.77 bits per heavy atom. The lowest BCUT2D eigenvalue weighted by Crippen LogP contribution is -2.35. The summed E-state index contributed by atoms with van der Waals surface area (Å²) < 4.78 is 54.8. The Morgan fingerprint density at radius 3 is 2.46 bits per heavy atom. The second-order valence-electron chi connectivity index (χ2n) is 5.98. The third-order valence-corrected chi connectivity index (χ3v) is 6.43. The van der Waals surface area contributed by atoms with Gasteiger partial charge in [-0.1, -0.05) is 23.7 Å². The van der Waals surface area contributed by atoms with E-state index in [-0.39, 0.29) is 21.0 Å². The molecule has 2 aromatic rings. The third kappa shape index (κ3) is 4.10. The Kier molecular flexibility index (Phi) is 5.67. The first-order chi connectivity index (χ1) is 12.4. The van der Waals surface area contributed by atoms with Gasteiger partial charge in [0.25, 0.3) is 0 Å². The summed E-state index contributed by atoms with van der Waals surface area (Å²) in [4.78, 5) is 1.95. The van der Waals surface area contributed by atoms with E-state index in [1.807, 2.05) is 11.0 Å². The molecule has 0 amide bonds. The molecule has 0 spiro atoms. The zero-order chi connectivity index (χ0) is 18.7. The fourth-order valence-electron chi connectivity index (χ4n) is 2.96. The van der Waals surface area contributed by atoms with E-state index in [1.165, 1.54) is 24.3 Å². The summed E-state index contributed by atoms with van der Waals surface area (Å²) in [6.07, 6.45) is 2.87. The molecule has 0 radical (unpaired) electrons. The van der Waals surface area contributed by atoms with E-state index in [9.17, 15) is 17.2 Å². The van der Waals surface area contributed by atoms with Crippen molar-refractivity contribution in [1.82, 2.24) is 0 Å². The average Bonchev–Trinajstić information content (AvgIpc) is 2.62. The van der Waals surface area contributed by atoms with Gasteiger partial charge in [0.1, 0.15) is 11.3 Å². The van der Waals surface area contributed by atoms with Crippen LogP contribution in [0.25, 0.3) is 0 Å². The largest absolute Gasteiger partial charge is 0.435 e. The maximum atomic E-state index is 12.9. The number of rotatable bonds is 5. The summed E-state index contributed by atoms with van der Waals surface area (Å²) in [6.45, 7) is -2.26. The van der Waals surface area contributed by atoms with E-state index in [1.54, 1.807) is 12.1 Å². The van der Waals surface area contributed by atoms with Crippen LogP contribution in [0.5, 0.6) is 5.75 Å². The maximum Gasteiger partial charge on any atom is 0.387 e. The van der Waals surface area contributed by atoms with Gasteiger partial charge in [-0.3, -0.25) is 0 Å². The zero-order valence-electron chi connectivity index (χ0n) is 13.8. The molecule has 1 aliphatic heterocycles. The molecule has 0 aliphatic carbocycles. The Balaban J connectivity index is 1.94. The van der Waals surface area contributed by atoms with Crippen LogP contribution in [-0.2, 0) is 9.84 Å². The highest BCUT2D eigenvalue weighted by Crippen LogP contribution is 2.31. The molecule has 8 heteroatoms. The van der Waals surface area contributed by atoms with Crippen LogP contribution in [0, 0.1) is 0 Å². The molecule has 3 rings (SSSR count). The minimum atomic E-state index is -3.87. The summed E-state index contributed by atoms with van der Waals surface area (Å²) in [5.41, 5.74) is 0.551. The first-order valence-electron chi connectivity index (χ1n) is 8.19. The normalized spacial score (nSPS) is 18.2. The lowest BCUT2D eigenvalue weighted by atomic mass is 10.1. The monoisotopic (exact) mass is 401 g/mol. The minimum Gasteiger partial charge on any atom is -0.435 e. The number of alkyl halides is 3. The van der Waals surface area contributed by atoms with Gasteiger partial charge in [-0.05, 0) is 55.7 Å². The maximum absolute atomic E-state index is 12.9. The zero-order valence-corrected chi connectivity index (χ0v) is 15.4. The lowest BCUT2D eigenvalue weighted by molar-refractivity contribution is -0.0499. The van der Waals surface area contributed by atoms with Gasteiger partial charge in [-0.2, -0.15) is 8.78 Å². The molecule has 1 saturated heterocycles. The fraction of sp³-hybridized carbons (Fsp3) is 0.333. The Morgan fingerprint density at radius 1 is 1.08 bits per heavy atom. The molecule has 0 N–H and O–H groups in total. The molecular formula is C18H18ClF2NO3S. The summed E-state index contributed by atoms with van der Waals surface area (Å²) >= 11 is 6.36. The van der Waals surface area contributed by atoms with Crippen LogP contribution < -0.4 is 9.64 Å². The van der Waals surface area contributed by atoms with Crippen LogP contribution in [0.2, 0.25) is 0 Å². The highest BCUT2D eigenvalue weighted by atomic mass is 35.5. The number of piperidine rings is 1. The molecule has 26 heavy (non-hydrogen) atoms. The van der Waals surface area contributed by atoms with Crippen molar-refractivity contribution in [1.29, 1.82) is 0 Å². The first kappa shape index (κ1) is 18.9. The van der Waals surface area contributed by atoms with E-state index in [2.05, 4.69) is 4.74 Å². The predicted molar refractivity (Wildman–Crippen MR) is 95.8 cm³/mol. The van der Waals surface area contributed by atoms with Gasteiger partial charge in [0.05, 0.1) is 9.79 Å². The molecule has 0 aromatic heterocycles. The van der Waals surface area contributed by atoms with Crippen LogP contribution in [-0.4, -0.2) is 27.1 Å². The second-order valence-corrected chi connectivity index (χ2v) is 8.43. The molecule has 1 atom stereocenters. The number of anilines is 1. The number of halogens is 3. The Hall–Kier alpha value is -1.86. The highest BCUT2D eigenvalue weighted by Gasteiger charge is 2.23. The fourth-order valence-corrected chi connectivity index (χ4v) is 4.66. The SMILES string of the molecule is O=S(=O)(c1cccc(OC(F)F)c1)c1cccc(N2CCCCC2Cl)c1. The van der Waals surface area contributed by atoms with Crippen LogP contribution >= 0.6 is 11.6 Å². The van der Waals surface area contributed by atoms with Crippen molar-refractivity contribution in [2.75, 3.05) is 11.4 Å². The van der Waals surface area contributed by atoms with Gasteiger partial charge in [0.2, 0.25) is 9.84 Å². The Bertz CT molecular complexity index is 876. The van der Waals surface area contributed by atoms with E-state index in [0.29, 0.717) is 0 Å². The molecule has 4 nitrogen and oxygen atoms in total. The predicted octanol–water partition coefficient (Wildman–Crippen LogP) is 4.68. The molecule has 1 unspecified atom stereocenters. The van der Waals surface area contributed by atoms with E-state index < -0.39 is 16.4 Å². The summed E-state index contributed by atoms with van der Waals surface area (Å²) in [6, 6.07) is 11.6. The van der Waals surface area contributed by atoms with Crippen molar-refractivity contribution in [2.24, 2.45) is 0 Å². The molecule has 0 saturated carbocycles. The van der Waals surface area contributed by atoms with Crippen LogP contribution in [0.4, 0.5) is 14.5 Å². The Labute approximate surface area is 156 Å². The smallest absolute Gasteiger partial charge is 0.387 e. The van der Waals surface area contributed by atoms with Gasteiger partial charge in [0.15, 0.2) is 0 Å². The average molecular weight is 402 g/mol. The molecule has 2 aromatic carbocycles. The molecule has 140 valence electrons. The number of benzene rings is 2. The van der Waals surface area contributed by atoms with Crippen LogP contribution in [0.1, 0.15) is 19.3 Å². The number of ether oxygens (including phenoxy) is 1. The van der Waals surface area contributed by atoms with Crippen molar-refractivity contribution in [3.63, 3.8) is 0 Å². The van der Waals surface area contributed by atoms with E-state index in [0.717, 1.165) is 37.6 Å². The summed E-state index contributed by atoms with van der Waals surface area (Å²) in [5.74, 6) is -0.200. The third-order valence-electron chi connectivity index (χ3n) is 4.23. The number of nitrogens with zero attached hydrogens (tertiary/aromatic N) is 1. The van der Waals surface area contributed by atoms with Gasteiger partial charge >= 0.3 is 6.61 Å². The van der Waals surface area contributed by atoms with E-state index in [4.69, 9.17) is 11.6 Å². The topological polar surface area (TPSA) is 46.6 Å². The summed E-state index contributed by atoms with van der Waals surface area (Å²) in [5, 5.41) is 0. The van der Waals surface area contributed by atoms with E-state index >= 15 is 0 Å². The molecule has 1 aliphatic rings. The standard InChI is InChI=1S/C18H18ClF2NO3S/c19-17-9-1-2-10-22(17)13-5-3-7-15(11-13)26(23,24)16-8-4-6-14(12-16)25-18(20)21/h3-8,11-12,17-18H,1-2,9-10H2. The summed E-state index contributed by atoms with van der Waals surface area (Å²) in [7, 11) is -3.87. The van der Waals surface area contributed by atoms with Gasteiger partial charge in [-0.25, -0.2) is 8.42 Å². The van der Waals surface area contributed by atoms with Gasteiger partial charge in [0, 0.05) is 12.2 Å². The van der Waals surface area contributed by atoms with Gasteiger partial charge < -0.3 is 9.64 Å². The van der Waals surface area contributed by atoms with Crippen LogP contribution in [0.3, 0.4) is 0 Å². The lowest BCUT2D eigenvalue weighted by Gasteiger charge is -2.33. The second kappa shape index (κ2) is 7.80. The van der Waals surface area contributed by atoms with Crippen molar-refractivity contribution in [3.8, 4) is 5.75 Å². The number of sulfone groups is 1. The van der Waals surface area contributed by atoms with Crippen molar-refractivity contribution in [3.05, 3.63) is 48.5 Å². The first-order valence-corrected chi connectivity index (χ1v) is 10.1. The van der Waals surface area contributed by atoms with Crippen LogP contribution in [0.15, 0.2) is 58.3 Å². The minimum absolute atomic E-state index is 0.0821. The molecule has 0 bridgehead atoms. The number of hydrogen-bond donors (Lipinski definition) is 0. The van der Waals surface area contributed by atoms with Gasteiger partial charge in [-0.15, -0.1) is 0 Å². The molecule has 1 heterocycles. The van der Waals surface area contributed by atoms with Crippen molar-refractivity contribution >= 4 is 27.1 Å². The quantitative estimate of drug-likeness (QED) is 0.539. The molecular weight excluding hydrogens is 384 g/mol. The highest BCUT2D eigenvalue weighted by molar-refractivity contribution is 7.91. The van der Waals surface area contributed by atoms with Crippen molar-refractivity contribution < 1.29 is 21.9 Å². The number of hydrogen-bond acceptors (Lipinski definition) is 4.